The minimum atomic E-state index is -0.772. The second-order valence-electron chi connectivity index (χ2n) is 6.44. The van der Waals surface area contributed by atoms with E-state index >= 15 is 0 Å². The fourth-order valence-electron chi connectivity index (χ4n) is 2.60. The van der Waals surface area contributed by atoms with Crippen molar-refractivity contribution in [3.05, 3.63) is 71.3 Å². The molecule has 0 aliphatic rings. The number of primary amides is 1. The summed E-state index contributed by atoms with van der Waals surface area (Å²) in [4.78, 5) is 28.2. The average Bonchev–Trinajstić information content (AvgIpc) is 3.12. The highest BCUT2D eigenvalue weighted by atomic mass is 16.2. The third-order valence-electron chi connectivity index (χ3n) is 4.14. The van der Waals surface area contributed by atoms with Crippen LogP contribution in [0.25, 0.3) is 5.69 Å². The number of nitrogens with one attached hydrogen (secondary N) is 1. The van der Waals surface area contributed by atoms with Crippen molar-refractivity contribution in [1.29, 1.82) is 5.26 Å². The minimum Gasteiger partial charge on any atom is -0.364 e. The van der Waals surface area contributed by atoms with Gasteiger partial charge in [0, 0.05) is 6.20 Å². The van der Waals surface area contributed by atoms with Crippen LogP contribution >= 0.6 is 0 Å². The molecule has 0 fully saturated rings. The molecule has 0 unspecified atom stereocenters. The molecule has 2 heterocycles. The molecule has 0 saturated heterocycles. The highest BCUT2D eigenvalue weighted by Gasteiger charge is 2.18. The third kappa shape index (κ3) is 3.88. The smallest absolute Gasteiger partial charge is 0.274 e. The van der Waals surface area contributed by atoms with Gasteiger partial charge in [-0.15, -0.1) is 0 Å². The second-order valence-corrected chi connectivity index (χ2v) is 6.44. The van der Waals surface area contributed by atoms with Crippen LogP contribution in [0.4, 0.5) is 5.69 Å². The van der Waals surface area contributed by atoms with Gasteiger partial charge in [0.15, 0.2) is 5.69 Å². The number of carbonyl (C=O) groups is 2. The SMILES string of the molecule is CC(C)c1ccc(-n2cc(NC(=O)c3cc(C#N)ccn3)c(C(N)=O)n2)cc1. The molecular formula is C20H18N6O2. The van der Waals surface area contributed by atoms with Crippen molar-refractivity contribution in [2.45, 2.75) is 19.8 Å². The van der Waals surface area contributed by atoms with Gasteiger partial charge in [-0.2, -0.15) is 10.4 Å². The first-order chi connectivity index (χ1) is 13.4. The lowest BCUT2D eigenvalue weighted by Crippen LogP contribution is -2.18. The van der Waals surface area contributed by atoms with Gasteiger partial charge in [-0.1, -0.05) is 26.0 Å². The number of benzene rings is 1. The standard InChI is InChI=1S/C20H18N6O2/c1-12(2)14-3-5-15(6-4-14)26-11-17(18(25-26)19(22)27)24-20(28)16-9-13(10-21)7-8-23-16/h3-9,11-12H,1-2H3,(H2,22,27)(H,24,28). The molecular weight excluding hydrogens is 356 g/mol. The zero-order chi connectivity index (χ0) is 20.3. The molecule has 2 aromatic heterocycles. The topological polar surface area (TPSA) is 127 Å². The van der Waals surface area contributed by atoms with Gasteiger partial charge >= 0.3 is 0 Å². The Bertz CT molecular complexity index is 1080. The molecule has 0 aliphatic carbocycles. The Kier molecular flexibility index (Phi) is 5.18. The summed E-state index contributed by atoms with van der Waals surface area (Å²) in [7, 11) is 0. The molecule has 1 aromatic carbocycles. The van der Waals surface area contributed by atoms with Crippen LogP contribution in [0.5, 0.6) is 0 Å². The number of nitriles is 1. The first-order valence-electron chi connectivity index (χ1n) is 8.56. The zero-order valence-electron chi connectivity index (χ0n) is 15.4. The van der Waals surface area contributed by atoms with Gasteiger partial charge in [0.1, 0.15) is 5.69 Å². The van der Waals surface area contributed by atoms with Crippen LogP contribution in [-0.4, -0.2) is 26.6 Å². The number of nitrogens with two attached hydrogens (primary N) is 1. The van der Waals surface area contributed by atoms with Crippen molar-refractivity contribution >= 4 is 17.5 Å². The molecule has 0 aliphatic heterocycles. The summed E-state index contributed by atoms with van der Waals surface area (Å²) in [5.41, 5.74) is 7.73. The molecule has 3 N–H and O–H groups in total. The van der Waals surface area contributed by atoms with Crippen LogP contribution in [0.15, 0.2) is 48.8 Å². The summed E-state index contributed by atoms with van der Waals surface area (Å²) in [6.45, 7) is 4.19. The summed E-state index contributed by atoms with van der Waals surface area (Å²) < 4.78 is 1.47. The Balaban J connectivity index is 1.91. The van der Waals surface area contributed by atoms with E-state index in [4.69, 9.17) is 11.0 Å². The van der Waals surface area contributed by atoms with Crippen LogP contribution in [0, 0.1) is 11.3 Å². The minimum absolute atomic E-state index is 0.0449. The number of pyridine rings is 1. The van der Waals surface area contributed by atoms with E-state index < -0.39 is 11.8 Å². The maximum absolute atomic E-state index is 12.5. The predicted octanol–water partition coefficient (Wildman–Crippen LogP) is 2.61. The summed E-state index contributed by atoms with van der Waals surface area (Å²) >= 11 is 0. The van der Waals surface area contributed by atoms with E-state index in [0.29, 0.717) is 11.5 Å². The maximum atomic E-state index is 12.5. The Labute approximate surface area is 161 Å². The lowest BCUT2D eigenvalue weighted by atomic mass is 10.0. The molecule has 0 radical (unpaired) electrons. The number of hydrogen-bond acceptors (Lipinski definition) is 5. The van der Waals surface area contributed by atoms with Crippen molar-refractivity contribution in [3.63, 3.8) is 0 Å². The van der Waals surface area contributed by atoms with Crippen molar-refractivity contribution in [3.8, 4) is 11.8 Å². The summed E-state index contributed by atoms with van der Waals surface area (Å²) in [6.07, 6.45) is 2.87. The van der Waals surface area contributed by atoms with Gasteiger partial charge < -0.3 is 11.1 Å². The molecule has 0 atom stereocenters. The summed E-state index contributed by atoms with van der Waals surface area (Å²) in [6, 6.07) is 12.5. The summed E-state index contributed by atoms with van der Waals surface area (Å²) in [5, 5.41) is 15.7. The zero-order valence-corrected chi connectivity index (χ0v) is 15.4. The van der Waals surface area contributed by atoms with Crippen LogP contribution in [0.2, 0.25) is 0 Å². The lowest BCUT2D eigenvalue weighted by molar-refractivity contribution is 0.0996. The number of aromatic nitrogens is 3. The Morgan fingerprint density at radius 3 is 2.54 bits per heavy atom. The van der Waals surface area contributed by atoms with Crippen molar-refractivity contribution in [1.82, 2.24) is 14.8 Å². The van der Waals surface area contributed by atoms with E-state index in [0.717, 1.165) is 5.69 Å². The van der Waals surface area contributed by atoms with E-state index in [1.807, 2.05) is 30.3 Å². The molecule has 2 amide bonds. The number of amides is 2. The molecule has 3 aromatic rings. The van der Waals surface area contributed by atoms with Crippen molar-refractivity contribution < 1.29 is 9.59 Å². The van der Waals surface area contributed by atoms with Crippen LogP contribution in [0.1, 0.15) is 51.9 Å². The van der Waals surface area contributed by atoms with Crippen LogP contribution < -0.4 is 11.1 Å². The largest absolute Gasteiger partial charge is 0.364 e. The van der Waals surface area contributed by atoms with E-state index in [1.165, 1.54) is 34.8 Å². The molecule has 3 rings (SSSR count). The van der Waals surface area contributed by atoms with Gasteiger partial charge in [-0.3, -0.25) is 14.6 Å². The fraction of sp³-hybridized carbons (Fsp3) is 0.150. The third-order valence-corrected chi connectivity index (χ3v) is 4.14. The maximum Gasteiger partial charge on any atom is 0.274 e. The lowest BCUT2D eigenvalue weighted by Gasteiger charge is -2.06. The second kappa shape index (κ2) is 7.72. The monoisotopic (exact) mass is 374 g/mol. The fourth-order valence-corrected chi connectivity index (χ4v) is 2.60. The molecule has 0 saturated carbocycles. The van der Waals surface area contributed by atoms with Crippen molar-refractivity contribution in [2.75, 3.05) is 5.32 Å². The number of anilines is 1. The first kappa shape index (κ1) is 18.8. The molecule has 140 valence electrons. The predicted molar refractivity (Wildman–Crippen MR) is 103 cm³/mol. The van der Waals surface area contributed by atoms with E-state index in [1.54, 1.807) is 0 Å². The highest BCUT2D eigenvalue weighted by Crippen LogP contribution is 2.20. The number of hydrogen-bond donors (Lipinski definition) is 2. The van der Waals surface area contributed by atoms with Gasteiger partial charge in [0.05, 0.1) is 29.2 Å². The van der Waals surface area contributed by atoms with Crippen molar-refractivity contribution in [2.24, 2.45) is 5.73 Å². The van der Waals surface area contributed by atoms with Crippen LogP contribution in [-0.2, 0) is 0 Å². The Morgan fingerprint density at radius 2 is 1.93 bits per heavy atom. The van der Waals surface area contributed by atoms with Gasteiger partial charge in [-0.05, 0) is 35.7 Å². The molecule has 0 bridgehead atoms. The van der Waals surface area contributed by atoms with E-state index in [-0.39, 0.29) is 17.1 Å². The number of rotatable bonds is 5. The number of nitrogens with zero attached hydrogens (tertiary/aromatic N) is 4. The Morgan fingerprint density at radius 1 is 1.21 bits per heavy atom. The van der Waals surface area contributed by atoms with Crippen LogP contribution in [0.3, 0.4) is 0 Å². The normalized spacial score (nSPS) is 10.5. The molecule has 8 nitrogen and oxygen atoms in total. The highest BCUT2D eigenvalue weighted by molar-refractivity contribution is 6.07. The van der Waals surface area contributed by atoms with Gasteiger partial charge in [-0.25, -0.2) is 4.68 Å². The van der Waals surface area contributed by atoms with E-state index in [2.05, 4.69) is 29.2 Å². The molecule has 8 heteroatoms. The Hall–Kier alpha value is -3.99. The van der Waals surface area contributed by atoms with E-state index in [9.17, 15) is 9.59 Å². The molecule has 0 spiro atoms. The van der Waals surface area contributed by atoms with Gasteiger partial charge in [0.25, 0.3) is 11.8 Å². The number of carbonyl (C=O) groups excluding carboxylic acids is 2. The average molecular weight is 374 g/mol. The quantitative estimate of drug-likeness (QED) is 0.710. The molecule has 28 heavy (non-hydrogen) atoms. The van der Waals surface area contributed by atoms with Gasteiger partial charge in [0.2, 0.25) is 0 Å². The first-order valence-corrected chi connectivity index (χ1v) is 8.56. The summed E-state index contributed by atoms with van der Waals surface area (Å²) in [5.74, 6) is -0.958.